The van der Waals surface area contributed by atoms with Crippen LogP contribution in [-0.4, -0.2) is 82.4 Å². The normalized spacial score (nSPS) is 18.2. The van der Waals surface area contributed by atoms with E-state index in [1.54, 1.807) is 28.0 Å². The molecule has 3 aromatic rings. The number of amides is 2. The highest BCUT2D eigenvalue weighted by atomic mass is 35.5. The minimum Gasteiger partial charge on any atom is -0.480 e. The third-order valence-electron chi connectivity index (χ3n) is 7.44. The zero-order chi connectivity index (χ0) is 30.0. The molecule has 5 rings (SSSR count). The third kappa shape index (κ3) is 6.16. The van der Waals surface area contributed by atoms with Crippen molar-refractivity contribution < 1.29 is 29.0 Å². The number of carbonyl (C=O) groups is 3. The number of β-amino-alcohol motifs (C(OH)–C–C–N with tert-alkyl or cyclic N) is 1. The maximum atomic E-state index is 13.2. The van der Waals surface area contributed by atoms with Crippen molar-refractivity contribution in [1.29, 1.82) is 5.26 Å². The second-order valence-corrected chi connectivity index (χ2v) is 11.0. The van der Waals surface area contributed by atoms with Crippen molar-refractivity contribution in [3.63, 3.8) is 0 Å². The lowest BCUT2D eigenvalue weighted by Gasteiger charge is -2.30. The summed E-state index contributed by atoms with van der Waals surface area (Å²) in [6.07, 6.45) is 1.41. The summed E-state index contributed by atoms with van der Waals surface area (Å²) < 4.78 is 5.72. The van der Waals surface area contributed by atoms with Crippen LogP contribution >= 0.6 is 23.2 Å². The molecule has 12 nitrogen and oxygen atoms in total. The minimum atomic E-state index is -1.38. The fraction of sp³-hybridized carbons (Fsp3) is 0.357. The Bertz CT molecular complexity index is 1540. The summed E-state index contributed by atoms with van der Waals surface area (Å²) >= 11 is 13.1. The first-order valence-electron chi connectivity index (χ1n) is 13.3. The van der Waals surface area contributed by atoms with Crippen LogP contribution in [0.1, 0.15) is 38.5 Å². The van der Waals surface area contributed by atoms with Crippen molar-refractivity contribution in [2.24, 2.45) is 0 Å². The first kappa shape index (κ1) is 29.6. The Balaban J connectivity index is 1.28. The Labute approximate surface area is 250 Å². The Hall–Kier alpha value is -3.86. The molecule has 0 aliphatic carbocycles. The van der Waals surface area contributed by atoms with Crippen LogP contribution in [0.2, 0.25) is 10.0 Å². The van der Waals surface area contributed by atoms with Gasteiger partial charge in [-0.15, -0.1) is 0 Å². The van der Waals surface area contributed by atoms with Crippen LogP contribution in [0, 0.1) is 11.5 Å². The van der Waals surface area contributed by atoms with Gasteiger partial charge in [0.15, 0.2) is 12.0 Å². The molecule has 2 aromatic carbocycles. The van der Waals surface area contributed by atoms with E-state index in [-0.39, 0.29) is 40.4 Å². The van der Waals surface area contributed by atoms with Gasteiger partial charge in [0.2, 0.25) is 0 Å². The quantitative estimate of drug-likeness (QED) is 0.137. The van der Waals surface area contributed by atoms with Crippen molar-refractivity contribution >= 4 is 52.0 Å². The number of nitrogens with one attached hydrogen (secondary N) is 3. The number of furan rings is 1. The number of likely N-dealkylation sites (tertiary alicyclic amines) is 1. The first-order valence-corrected chi connectivity index (χ1v) is 14.0. The molecule has 0 radical (unpaired) electrons. The lowest BCUT2D eigenvalue weighted by atomic mass is 9.96. The maximum absolute atomic E-state index is 13.2. The highest BCUT2D eigenvalue weighted by Gasteiger charge is 2.32. The molecule has 2 aliphatic heterocycles. The molecule has 220 valence electrons. The average Bonchev–Trinajstić information content (AvgIpc) is 3.60. The van der Waals surface area contributed by atoms with Crippen molar-refractivity contribution in [1.82, 2.24) is 25.8 Å². The molecule has 5 N–H and O–H groups in total. The van der Waals surface area contributed by atoms with E-state index in [1.165, 1.54) is 0 Å². The van der Waals surface area contributed by atoms with Gasteiger partial charge >= 0.3 is 5.97 Å². The molecule has 1 fully saturated rings. The van der Waals surface area contributed by atoms with Gasteiger partial charge in [-0.1, -0.05) is 41.4 Å². The van der Waals surface area contributed by atoms with Crippen LogP contribution in [-0.2, 0) is 17.8 Å². The van der Waals surface area contributed by atoms with Gasteiger partial charge in [-0.25, -0.2) is 4.79 Å². The molecule has 1 unspecified atom stereocenters. The second-order valence-electron chi connectivity index (χ2n) is 10.2. The molecule has 0 saturated carbocycles. The average molecular weight is 615 g/mol. The van der Waals surface area contributed by atoms with Crippen LogP contribution in [0.25, 0.3) is 11.0 Å². The Kier molecular flexibility index (Phi) is 8.86. The fourth-order valence-corrected chi connectivity index (χ4v) is 6.04. The first-order chi connectivity index (χ1) is 20.2. The molecular weight excluding hydrogens is 587 g/mol. The van der Waals surface area contributed by atoms with Gasteiger partial charge in [-0.3, -0.25) is 25.1 Å². The molecule has 14 heteroatoms. The lowest BCUT2D eigenvalue weighted by molar-refractivity contribution is -0.139. The van der Waals surface area contributed by atoms with E-state index >= 15 is 0 Å². The van der Waals surface area contributed by atoms with E-state index in [0.717, 1.165) is 5.39 Å². The molecule has 3 atom stereocenters. The van der Waals surface area contributed by atoms with E-state index in [4.69, 9.17) is 32.9 Å². The van der Waals surface area contributed by atoms with Crippen molar-refractivity contribution in [2.45, 2.75) is 37.8 Å². The monoisotopic (exact) mass is 614 g/mol. The van der Waals surface area contributed by atoms with Crippen LogP contribution in [0.5, 0.6) is 0 Å². The van der Waals surface area contributed by atoms with E-state index in [2.05, 4.69) is 16.0 Å². The summed E-state index contributed by atoms with van der Waals surface area (Å²) in [5, 5.41) is 37.5. The molecule has 1 aromatic heterocycles. The van der Waals surface area contributed by atoms with E-state index in [9.17, 15) is 24.6 Å². The standard InChI is InChI=1S/C28H28Cl2N6O6/c29-19-9-16-12-35(26(39)22-10-15-3-1-2-4-21(15)42-22)8-6-18(16)24(30)23(19)25(38)34-20(27(40)41)11-32-28(33-14-31)36-7-5-17(37)13-36/h1-4,9-10,17,20,28,32-33,37H,5-8,11-13H2,(H,34,38)(H,40,41)/t17-,20-,28?/m0/s1. The van der Waals surface area contributed by atoms with Gasteiger partial charge in [0, 0.05) is 38.1 Å². The maximum Gasteiger partial charge on any atom is 0.327 e. The van der Waals surface area contributed by atoms with Crippen molar-refractivity contribution in [2.75, 3.05) is 26.2 Å². The number of nitrogens with zero attached hydrogens (tertiary/aromatic N) is 3. The number of carboxylic acids is 1. The number of hydrogen-bond acceptors (Lipinski definition) is 9. The lowest BCUT2D eigenvalue weighted by Crippen LogP contribution is -2.57. The van der Waals surface area contributed by atoms with Crippen molar-refractivity contribution in [3.8, 4) is 6.19 Å². The second kappa shape index (κ2) is 12.6. The number of benzene rings is 2. The summed E-state index contributed by atoms with van der Waals surface area (Å²) in [6.45, 7) is 1.10. The van der Waals surface area contributed by atoms with E-state index in [1.807, 2.05) is 24.4 Å². The summed E-state index contributed by atoms with van der Waals surface area (Å²) in [5.41, 5.74) is 1.87. The minimum absolute atomic E-state index is 0.0152. The molecule has 1 saturated heterocycles. The SMILES string of the molecule is N#CNC(NC[C@H](NC(=O)c1c(Cl)cc2c(c1Cl)CCN(C(=O)c1cc3ccccc3o1)C2)C(=O)O)N1CC[C@H](O)C1. The number of para-hydroxylation sites is 1. The van der Waals surface area contributed by atoms with Crippen LogP contribution in [0.3, 0.4) is 0 Å². The fourth-order valence-electron chi connectivity index (χ4n) is 5.27. The summed E-state index contributed by atoms with van der Waals surface area (Å²) in [7, 11) is 0. The van der Waals surface area contributed by atoms with Crippen molar-refractivity contribution in [3.05, 3.63) is 68.9 Å². The van der Waals surface area contributed by atoms with E-state index < -0.39 is 30.3 Å². The number of aliphatic carboxylic acids is 1. The molecule has 42 heavy (non-hydrogen) atoms. The van der Waals surface area contributed by atoms with Gasteiger partial charge in [0.25, 0.3) is 11.8 Å². The molecule has 2 aliphatic rings. The van der Waals surface area contributed by atoms with Gasteiger partial charge in [-0.2, -0.15) is 5.26 Å². The van der Waals surface area contributed by atoms with Gasteiger partial charge < -0.3 is 24.8 Å². The number of fused-ring (bicyclic) bond motifs is 2. The number of aliphatic hydroxyl groups is 1. The third-order valence-corrected chi connectivity index (χ3v) is 8.15. The predicted molar refractivity (Wildman–Crippen MR) is 153 cm³/mol. The highest BCUT2D eigenvalue weighted by molar-refractivity contribution is 6.40. The van der Waals surface area contributed by atoms with Gasteiger partial charge in [0.1, 0.15) is 17.9 Å². The summed E-state index contributed by atoms with van der Waals surface area (Å²) in [6, 6.07) is 9.21. The summed E-state index contributed by atoms with van der Waals surface area (Å²) in [5.74, 6) is -2.15. The number of hydrogen-bond donors (Lipinski definition) is 5. The number of carbonyl (C=O) groups excluding carboxylic acids is 2. The van der Waals surface area contributed by atoms with Crippen LogP contribution in [0.15, 0.2) is 40.8 Å². The largest absolute Gasteiger partial charge is 0.480 e. The molecule has 3 heterocycles. The highest BCUT2D eigenvalue weighted by Crippen LogP contribution is 2.35. The Morgan fingerprint density at radius 1 is 1.19 bits per heavy atom. The van der Waals surface area contributed by atoms with E-state index in [0.29, 0.717) is 49.2 Å². The Morgan fingerprint density at radius 3 is 2.67 bits per heavy atom. The zero-order valence-electron chi connectivity index (χ0n) is 22.3. The number of rotatable bonds is 9. The number of aliphatic hydroxyl groups excluding tert-OH is 1. The number of carboxylic acid groups (broad SMARTS) is 1. The van der Waals surface area contributed by atoms with Gasteiger partial charge in [-0.05, 0) is 42.2 Å². The summed E-state index contributed by atoms with van der Waals surface area (Å²) in [4.78, 5) is 41.8. The predicted octanol–water partition coefficient (Wildman–Crippen LogP) is 2.13. The number of halogens is 2. The van der Waals surface area contributed by atoms with Gasteiger partial charge in [0.05, 0.1) is 21.7 Å². The molecular formula is C28H28Cl2N6O6. The molecule has 0 spiro atoms. The Morgan fingerprint density at radius 2 is 1.98 bits per heavy atom. The zero-order valence-corrected chi connectivity index (χ0v) is 23.8. The number of nitriles is 1. The smallest absolute Gasteiger partial charge is 0.327 e. The molecule has 0 bridgehead atoms. The van der Waals surface area contributed by atoms with Crippen LogP contribution < -0.4 is 16.0 Å². The topological polar surface area (TPSA) is 171 Å². The molecule has 2 amide bonds. The van der Waals surface area contributed by atoms with Crippen LogP contribution in [0.4, 0.5) is 0 Å².